The van der Waals surface area contributed by atoms with Crippen LogP contribution in [0.3, 0.4) is 0 Å². The van der Waals surface area contributed by atoms with Gasteiger partial charge in [-0.15, -0.1) is 0 Å². The molecule has 0 saturated carbocycles. The van der Waals surface area contributed by atoms with Crippen LogP contribution in [0.4, 0.5) is 0 Å². The summed E-state index contributed by atoms with van der Waals surface area (Å²) in [5.41, 5.74) is 5.32. The minimum atomic E-state index is 0.272. The van der Waals surface area contributed by atoms with Crippen LogP contribution in [0.5, 0.6) is 5.75 Å². The summed E-state index contributed by atoms with van der Waals surface area (Å²) < 4.78 is 5.98. The Balaban J connectivity index is 1.72. The lowest BCUT2D eigenvalue weighted by molar-refractivity contribution is 0.265. The van der Waals surface area contributed by atoms with Gasteiger partial charge in [-0.2, -0.15) is 0 Å². The molecule has 0 spiro atoms. The van der Waals surface area contributed by atoms with E-state index in [9.17, 15) is 0 Å². The zero-order valence-electron chi connectivity index (χ0n) is 13.5. The average Bonchev–Trinajstić information content (AvgIpc) is 2.62. The Hall–Kier alpha value is -2.06. The van der Waals surface area contributed by atoms with Crippen LogP contribution in [-0.4, -0.2) is 18.3 Å². The monoisotopic (exact) mass is 308 g/mol. The third-order valence-corrected chi connectivity index (χ3v) is 4.35. The van der Waals surface area contributed by atoms with Gasteiger partial charge in [-0.25, -0.2) is 0 Å². The molecule has 0 atom stereocenters. The molecular weight excluding hydrogens is 284 g/mol. The SMILES string of the molecule is OCCCCCOc1cccc2c1CCC(c1ccccc1)=C2. The van der Waals surface area contributed by atoms with E-state index in [1.165, 1.54) is 22.3 Å². The first kappa shape index (κ1) is 15.8. The van der Waals surface area contributed by atoms with Gasteiger partial charge >= 0.3 is 0 Å². The van der Waals surface area contributed by atoms with Crippen molar-refractivity contribution < 1.29 is 9.84 Å². The second kappa shape index (κ2) is 7.98. The fourth-order valence-electron chi connectivity index (χ4n) is 3.09. The van der Waals surface area contributed by atoms with E-state index < -0.39 is 0 Å². The Kier molecular flexibility index (Phi) is 5.49. The number of unbranched alkanes of at least 4 members (excludes halogenated alkanes) is 2. The van der Waals surface area contributed by atoms with Crippen molar-refractivity contribution in [2.45, 2.75) is 32.1 Å². The standard InChI is InChI=1S/C21H24O2/c22-14-5-2-6-15-23-21-11-7-10-19-16-18(12-13-20(19)21)17-8-3-1-4-9-17/h1,3-4,7-11,16,22H,2,5-6,12-15H2. The largest absolute Gasteiger partial charge is 0.493 e. The van der Waals surface area contributed by atoms with Crippen LogP contribution in [0, 0.1) is 0 Å². The fourth-order valence-corrected chi connectivity index (χ4v) is 3.09. The van der Waals surface area contributed by atoms with E-state index in [2.05, 4.69) is 54.6 Å². The van der Waals surface area contributed by atoms with E-state index in [1.54, 1.807) is 0 Å². The molecule has 0 fully saturated rings. The Bertz CT molecular complexity index is 659. The van der Waals surface area contributed by atoms with E-state index in [1.807, 2.05) is 0 Å². The van der Waals surface area contributed by atoms with E-state index in [0.717, 1.165) is 44.5 Å². The third-order valence-electron chi connectivity index (χ3n) is 4.35. The van der Waals surface area contributed by atoms with Gasteiger partial charge in [-0.05, 0) is 54.9 Å². The molecule has 120 valence electrons. The first-order valence-electron chi connectivity index (χ1n) is 8.50. The maximum absolute atomic E-state index is 8.81. The molecule has 1 aliphatic carbocycles. The molecule has 0 aliphatic heterocycles. The molecule has 23 heavy (non-hydrogen) atoms. The number of rotatable bonds is 7. The molecule has 0 radical (unpaired) electrons. The van der Waals surface area contributed by atoms with Crippen molar-refractivity contribution in [2.24, 2.45) is 0 Å². The topological polar surface area (TPSA) is 29.5 Å². The summed E-state index contributed by atoms with van der Waals surface area (Å²) in [5, 5.41) is 8.81. The molecule has 0 unspecified atom stereocenters. The first-order chi connectivity index (χ1) is 11.4. The van der Waals surface area contributed by atoms with Gasteiger partial charge in [-0.1, -0.05) is 48.5 Å². The van der Waals surface area contributed by atoms with Crippen molar-refractivity contribution in [3.05, 3.63) is 65.2 Å². The predicted octanol–water partition coefficient (Wildman–Crippen LogP) is 4.71. The maximum atomic E-state index is 8.81. The van der Waals surface area contributed by atoms with Crippen LogP contribution in [0.15, 0.2) is 48.5 Å². The van der Waals surface area contributed by atoms with Gasteiger partial charge in [0.2, 0.25) is 0 Å². The third kappa shape index (κ3) is 4.02. The highest BCUT2D eigenvalue weighted by atomic mass is 16.5. The van der Waals surface area contributed by atoms with E-state index in [0.29, 0.717) is 0 Å². The van der Waals surface area contributed by atoms with Crippen molar-refractivity contribution in [2.75, 3.05) is 13.2 Å². The van der Waals surface area contributed by atoms with Gasteiger partial charge in [0.05, 0.1) is 6.61 Å². The molecular formula is C21H24O2. The van der Waals surface area contributed by atoms with E-state index >= 15 is 0 Å². The Labute approximate surface area is 138 Å². The van der Waals surface area contributed by atoms with Gasteiger partial charge in [0.15, 0.2) is 0 Å². The molecule has 0 amide bonds. The lowest BCUT2D eigenvalue weighted by atomic mass is 9.88. The second-order valence-corrected chi connectivity index (χ2v) is 5.99. The molecule has 0 bridgehead atoms. The lowest BCUT2D eigenvalue weighted by Crippen LogP contribution is -2.05. The molecule has 3 rings (SSSR count). The number of fused-ring (bicyclic) bond motifs is 1. The molecule has 0 saturated heterocycles. The lowest BCUT2D eigenvalue weighted by Gasteiger charge is -2.20. The zero-order valence-corrected chi connectivity index (χ0v) is 13.5. The molecule has 2 heteroatoms. The molecule has 2 aromatic carbocycles. The van der Waals surface area contributed by atoms with Crippen LogP contribution in [0.25, 0.3) is 11.6 Å². The Morgan fingerprint density at radius 2 is 1.74 bits per heavy atom. The minimum absolute atomic E-state index is 0.272. The van der Waals surface area contributed by atoms with Crippen molar-refractivity contribution in [3.8, 4) is 5.75 Å². The van der Waals surface area contributed by atoms with E-state index in [-0.39, 0.29) is 6.61 Å². The number of hydrogen-bond donors (Lipinski definition) is 1. The van der Waals surface area contributed by atoms with Crippen LogP contribution in [0.2, 0.25) is 0 Å². The number of hydrogen-bond acceptors (Lipinski definition) is 2. The number of allylic oxidation sites excluding steroid dienone is 1. The summed E-state index contributed by atoms with van der Waals surface area (Å²) in [5.74, 6) is 1.02. The Morgan fingerprint density at radius 1 is 0.870 bits per heavy atom. The van der Waals surface area contributed by atoms with Crippen LogP contribution < -0.4 is 4.74 Å². The van der Waals surface area contributed by atoms with Gasteiger partial charge < -0.3 is 9.84 Å². The molecule has 1 N–H and O–H groups in total. The number of aliphatic hydroxyl groups is 1. The summed E-state index contributed by atoms with van der Waals surface area (Å²) in [6, 6.07) is 16.9. The normalized spacial score (nSPS) is 13.3. The summed E-state index contributed by atoms with van der Waals surface area (Å²) >= 11 is 0. The van der Waals surface area contributed by atoms with Crippen molar-refractivity contribution in [1.82, 2.24) is 0 Å². The molecule has 2 nitrogen and oxygen atoms in total. The van der Waals surface area contributed by atoms with Gasteiger partial charge in [0.1, 0.15) is 5.75 Å². The minimum Gasteiger partial charge on any atom is -0.493 e. The van der Waals surface area contributed by atoms with Gasteiger partial charge in [-0.3, -0.25) is 0 Å². The number of aliphatic hydroxyl groups excluding tert-OH is 1. The molecule has 0 heterocycles. The molecule has 1 aliphatic rings. The van der Waals surface area contributed by atoms with Crippen LogP contribution in [0.1, 0.15) is 42.4 Å². The highest BCUT2D eigenvalue weighted by Gasteiger charge is 2.15. The quantitative estimate of drug-likeness (QED) is 0.750. The van der Waals surface area contributed by atoms with Crippen LogP contribution >= 0.6 is 0 Å². The summed E-state index contributed by atoms with van der Waals surface area (Å²) in [6.07, 6.45) is 7.26. The summed E-state index contributed by atoms with van der Waals surface area (Å²) in [7, 11) is 0. The highest BCUT2D eigenvalue weighted by Crippen LogP contribution is 2.35. The first-order valence-corrected chi connectivity index (χ1v) is 8.50. The maximum Gasteiger partial charge on any atom is 0.123 e. The van der Waals surface area contributed by atoms with Crippen molar-refractivity contribution in [3.63, 3.8) is 0 Å². The van der Waals surface area contributed by atoms with E-state index in [4.69, 9.17) is 9.84 Å². The van der Waals surface area contributed by atoms with Crippen molar-refractivity contribution >= 4 is 11.6 Å². The molecule has 0 aromatic heterocycles. The van der Waals surface area contributed by atoms with Crippen molar-refractivity contribution in [1.29, 1.82) is 0 Å². The Morgan fingerprint density at radius 3 is 2.57 bits per heavy atom. The summed E-state index contributed by atoms with van der Waals surface area (Å²) in [4.78, 5) is 0. The van der Waals surface area contributed by atoms with Gasteiger partial charge in [0, 0.05) is 12.2 Å². The fraction of sp³-hybridized carbons (Fsp3) is 0.333. The average molecular weight is 308 g/mol. The zero-order chi connectivity index (χ0) is 15.9. The highest BCUT2D eigenvalue weighted by molar-refractivity contribution is 5.85. The predicted molar refractivity (Wildman–Crippen MR) is 95.5 cm³/mol. The van der Waals surface area contributed by atoms with Crippen LogP contribution in [-0.2, 0) is 6.42 Å². The summed E-state index contributed by atoms with van der Waals surface area (Å²) in [6.45, 7) is 1.000. The molecule has 2 aromatic rings. The number of benzene rings is 2. The smallest absolute Gasteiger partial charge is 0.123 e. The second-order valence-electron chi connectivity index (χ2n) is 5.99. The number of ether oxygens (including phenoxy) is 1. The van der Waals surface area contributed by atoms with Gasteiger partial charge in [0.25, 0.3) is 0 Å².